The molecule has 4 nitrogen and oxygen atoms in total. The Morgan fingerprint density at radius 1 is 0.892 bits per heavy atom. The Balaban J connectivity index is 1.56. The van der Waals surface area contributed by atoms with Crippen LogP contribution in [-0.4, -0.2) is 34.6 Å². The molecule has 2 amide bonds. The van der Waals surface area contributed by atoms with Crippen LogP contribution in [0.2, 0.25) is 10.0 Å². The lowest BCUT2D eigenvalue weighted by Crippen LogP contribution is -2.52. The Morgan fingerprint density at radius 2 is 1.57 bits per heavy atom. The highest BCUT2D eigenvalue weighted by Gasteiger charge is 2.32. The van der Waals surface area contributed by atoms with Crippen LogP contribution in [-0.2, 0) is 28.3 Å². The van der Waals surface area contributed by atoms with Gasteiger partial charge in [0.05, 0.1) is 5.75 Å². The SMILES string of the molecule is O=C(NC1CCCC1)C(Cc1ccccc1)N(Cc1ccccc1Cl)C(=O)CSCc1ccc(Cl)cc1. The van der Waals surface area contributed by atoms with Gasteiger partial charge in [0.1, 0.15) is 6.04 Å². The highest BCUT2D eigenvalue weighted by Crippen LogP contribution is 2.24. The van der Waals surface area contributed by atoms with E-state index in [4.69, 9.17) is 23.2 Å². The number of rotatable bonds is 11. The van der Waals surface area contributed by atoms with Crippen molar-refractivity contribution in [1.82, 2.24) is 10.2 Å². The van der Waals surface area contributed by atoms with Gasteiger partial charge in [-0.1, -0.05) is 96.7 Å². The molecule has 1 N–H and O–H groups in total. The zero-order chi connectivity index (χ0) is 26.0. The van der Waals surface area contributed by atoms with Crippen LogP contribution in [0.5, 0.6) is 0 Å². The van der Waals surface area contributed by atoms with Gasteiger partial charge >= 0.3 is 0 Å². The third kappa shape index (κ3) is 8.26. The Bertz CT molecular complexity index is 1170. The van der Waals surface area contributed by atoms with Crippen molar-refractivity contribution in [1.29, 1.82) is 0 Å². The smallest absolute Gasteiger partial charge is 0.243 e. The van der Waals surface area contributed by atoms with Crippen LogP contribution in [0.15, 0.2) is 78.9 Å². The van der Waals surface area contributed by atoms with Crippen LogP contribution < -0.4 is 5.32 Å². The van der Waals surface area contributed by atoms with E-state index in [1.165, 1.54) is 11.8 Å². The van der Waals surface area contributed by atoms with Crippen molar-refractivity contribution in [3.8, 4) is 0 Å². The molecule has 7 heteroatoms. The van der Waals surface area contributed by atoms with E-state index >= 15 is 0 Å². The summed E-state index contributed by atoms with van der Waals surface area (Å²) >= 11 is 14.0. The molecule has 194 valence electrons. The first-order valence-corrected chi connectivity index (χ1v) is 14.6. The summed E-state index contributed by atoms with van der Waals surface area (Å²) in [6.45, 7) is 0.273. The molecule has 1 saturated carbocycles. The number of carbonyl (C=O) groups excluding carboxylic acids is 2. The Morgan fingerprint density at radius 3 is 2.27 bits per heavy atom. The van der Waals surface area contributed by atoms with Gasteiger partial charge in [0.2, 0.25) is 11.8 Å². The fraction of sp³-hybridized carbons (Fsp3) is 0.333. The van der Waals surface area contributed by atoms with Crippen molar-refractivity contribution in [2.45, 2.75) is 56.5 Å². The summed E-state index contributed by atoms with van der Waals surface area (Å²) in [6, 6.07) is 24.6. The van der Waals surface area contributed by atoms with Gasteiger partial charge in [-0.15, -0.1) is 11.8 Å². The molecular formula is C30H32Cl2N2O2S. The molecule has 1 aliphatic rings. The molecule has 1 fully saturated rings. The Labute approximate surface area is 233 Å². The predicted molar refractivity (Wildman–Crippen MR) is 154 cm³/mol. The third-order valence-electron chi connectivity index (χ3n) is 6.68. The number of halogens is 2. The molecule has 0 aliphatic heterocycles. The maximum Gasteiger partial charge on any atom is 0.243 e. The molecule has 0 spiro atoms. The van der Waals surface area contributed by atoms with Gasteiger partial charge in [0.15, 0.2) is 0 Å². The minimum absolute atomic E-state index is 0.0820. The van der Waals surface area contributed by atoms with E-state index in [1.54, 1.807) is 4.90 Å². The number of benzene rings is 3. The quantitative estimate of drug-likeness (QED) is 0.279. The van der Waals surface area contributed by atoms with Crippen molar-refractivity contribution < 1.29 is 9.59 Å². The summed E-state index contributed by atoms with van der Waals surface area (Å²) in [5, 5.41) is 4.51. The summed E-state index contributed by atoms with van der Waals surface area (Å²) in [5.74, 6) is 0.760. The molecule has 0 bridgehead atoms. The van der Waals surface area contributed by atoms with Crippen LogP contribution in [0.4, 0.5) is 0 Å². The van der Waals surface area contributed by atoms with E-state index in [0.29, 0.717) is 22.2 Å². The predicted octanol–water partition coefficient (Wildman–Crippen LogP) is 6.93. The molecule has 0 radical (unpaired) electrons. The van der Waals surface area contributed by atoms with E-state index in [0.717, 1.165) is 42.4 Å². The highest BCUT2D eigenvalue weighted by atomic mass is 35.5. The van der Waals surface area contributed by atoms with E-state index in [-0.39, 0.29) is 30.2 Å². The fourth-order valence-corrected chi connectivity index (χ4v) is 5.84. The molecule has 3 aromatic rings. The van der Waals surface area contributed by atoms with Gasteiger partial charge in [-0.3, -0.25) is 9.59 Å². The second-order valence-electron chi connectivity index (χ2n) is 9.43. The molecule has 1 unspecified atom stereocenters. The Kier molecular flexibility index (Phi) is 10.4. The normalized spacial score (nSPS) is 14.3. The molecule has 1 aliphatic carbocycles. The zero-order valence-corrected chi connectivity index (χ0v) is 23.1. The molecule has 1 atom stereocenters. The number of carbonyl (C=O) groups is 2. The van der Waals surface area contributed by atoms with Gasteiger partial charge in [0, 0.05) is 34.8 Å². The summed E-state index contributed by atoms with van der Waals surface area (Å²) in [6.07, 6.45) is 4.66. The highest BCUT2D eigenvalue weighted by molar-refractivity contribution is 7.99. The van der Waals surface area contributed by atoms with E-state index < -0.39 is 6.04 Å². The lowest BCUT2D eigenvalue weighted by molar-refractivity contribution is -0.139. The second-order valence-corrected chi connectivity index (χ2v) is 11.3. The molecule has 0 aromatic heterocycles. The minimum atomic E-state index is -0.636. The molecule has 3 aromatic carbocycles. The molecular weight excluding hydrogens is 523 g/mol. The van der Waals surface area contributed by atoms with Gasteiger partial charge in [-0.2, -0.15) is 0 Å². The number of nitrogens with one attached hydrogen (secondary N) is 1. The van der Waals surface area contributed by atoms with Gasteiger partial charge in [0.25, 0.3) is 0 Å². The van der Waals surface area contributed by atoms with Gasteiger partial charge < -0.3 is 10.2 Å². The summed E-state index contributed by atoms with van der Waals surface area (Å²) in [4.78, 5) is 29.1. The molecule has 37 heavy (non-hydrogen) atoms. The maximum atomic E-state index is 13.7. The summed E-state index contributed by atoms with van der Waals surface area (Å²) in [7, 11) is 0. The monoisotopic (exact) mass is 554 g/mol. The van der Waals surface area contributed by atoms with Crippen LogP contribution >= 0.6 is 35.0 Å². The molecule has 4 rings (SSSR count). The van der Waals surface area contributed by atoms with Crippen LogP contribution in [0.25, 0.3) is 0 Å². The molecule has 0 saturated heterocycles. The molecule has 0 heterocycles. The third-order valence-corrected chi connectivity index (χ3v) is 8.29. The maximum absolute atomic E-state index is 13.7. The first-order chi connectivity index (χ1) is 18.0. The number of hydrogen-bond donors (Lipinski definition) is 1. The number of nitrogens with zero attached hydrogens (tertiary/aromatic N) is 1. The van der Waals surface area contributed by atoms with E-state index in [9.17, 15) is 9.59 Å². The van der Waals surface area contributed by atoms with Crippen molar-refractivity contribution >= 4 is 46.8 Å². The van der Waals surface area contributed by atoms with Gasteiger partial charge in [-0.05, 0) is 47.7 Å². The first-order valence-electron chi connectivity index (χ1n) is 12.7. The number of amides is 2. The lowest BCUT2D eigenvalue weighted by Gasteiger charge is -2.32. The minimum Gasteiger partial charge on any atom is -0.352 e. The Hall–Kier alpha value is -2.47. The zero-order valence-electron chi connectivity index (χ0n) is 20.7. The largest absolute Gasteiger partial charge is 0.352 e. The van der Waals surface area contributed by atoms with Crippen LogP contribution in [0, 0.1) is 0 Å². The van der Waals surface area contributed by atoms with Crippen molar-refractivity contribution in [3.05, 3.63) is 106 Å². The lowest BCUT2D eigenvalue weighted by atomic mass is 10.0. The summed E-state index contributed by atoms with van der Waals surface area (Å²) in [5.41, 5.74) is 2.94. The van der Waals surface area contributed by atoms with Crippen LogP contribution in [0.3, 0.4) is 0 Å². The van der Waals surface area contributed by atoms with E-state index in [1.807, 2.05) is 78.9 Å². The second kappa shape index (κ2) is 13.9. The standard InChI is InChI=1S/C30H32Cl2N2O2S/c31-25-16-14-23(15-17-25)20-37-21-29(35)34(19-24-10-4-7-13-27(24)32)28(18-22-8-2-1-3-9-22)30(36)33-26-11-5-6-12-26/h1-4,7-10,13-17,26,28H,5-6,11-12,18-21H2,(H,33,36). The topological polar surface area (TPSA) is 49.4 Å². The fourth-order valence-electron chi connectivity index (χ4n) is 4.65. The number of hydrogen-bond acceptors (Lipinski definition) is 3. The van der Waals surface area contributed by atoms with Crippen LogP contribution in [0.1, 0.15) is 42.4 Å². The van der Waals surface area contributed by atoms with Crippen molar-refractivity contribution in [2.24, 2.45) is 0 Å². The summed E-state index contributed by atoms with van der Waals surface area (Å²) < 4.78 is 0. The average Bonchev–Trinajstić information content (AvgIpc) is 3.42. The van der Waals surface area contributed by atoms with Crippen molar-refractivity contribution in [2.75, 3.05) is 5.75 Å². The van der Waals surface area contributed by atoms with Gasteiger partial charge in [-0.25, -0.2) is 0 Å². The van der Waals surface area contributed by atoms with Crippen molar-refractivity contribution in [3.63, 3.8) is 0 Å². The van der Waals surface area contributed by atoms with E-state index in [2.05, 4.69) is 5.32 Å². The first kappa shape index (κ1) is 27.6. The number of thioether (sulfide) groups is 1. The average molecular weight is 556 g/mol.